The van der Waals surface area contributed by atoms with Gasteiger partial charge in [-0.1, -0.05) is 44.0 Å². The van der Waals surface area contributed by atoms with E-state index in [1.54, 1.807) is 13.8 Å². The SMILES string of the molecule is Cc1c(Cl)c(C(C)(C)C)c(Cl)c(C)c1S(=O)(=O)Cl. The smallest absolute Gasteiger partial charge is 0.207 e. The first-order valence-electron chi connectivity index (χ1n) is 5.32. The summed E-state index contributed by atoms with van der Waals surface area (Å²) in [7, 11) is 1.57. The molecule has 1 rings (SSSR count). The number of rotatable bonds is 1. The van der Waals surface area contributed by atoms with E-state index in [2.05, 4.69) is 0 Å². The lowest BCUT2D eigenvalue weighted by molar-refractivity contribution is 0.587. The average Bonchev–Trinajstić information content (AvgIpc) is 2.10. The van der Waals surface area contributed by atoms with Crippen LogP contribution in [0.15, 0.2) is 4.90 Å². The molecule has 0 atom stereocenters. The van der Waals surface area contributed by atoms with Gasteiger partial charge in [-0.15, -0.1) is 0 Å². The third kappa shape index (κ3) is 2.79. The second kappa shape index (κ2) is 4.86. The van der Waals surface area contributed by atoms with Gasteiger partial charge in [0, 0.05) is 10.7 Å². The zero-order valence-corrected chi connectivity index (χ0v) is 13.9. The van der Waals surface area contributed by atoms with Crippen molar-refractivity contribution < 1.29 is 8.42 Å². The van der Waals surface area contributed by atoms with Crippen molar-refractivity contribution in [1.82, 2.24) is 0 Å². The van der Waals surface area contributed by atoms with Gasteiger partial charge in [0.2, 0.25) is 0 Å². The van der Waals surface area contributed by atoms with Gasteiger partial charge in [-0.25, -0.2) is 8.42 Å². The van der Waals surface area contributed by atoms with Gasteiger partial charge in [0.1, 0.15) is 0 Å². The molecule has 0 aliphatic carbocycles. The summed E-state index contributed by atoms with van der Waals surface area (Å²) in [6.45, 7) is 9.17. The zero-order chi connectivity index (χ0) is 14.5. The van der Waals surface area contributed by atoms with E-state index in [4.69, 9.17) is 33.9 Å². The molecule has 0 heterocycles. The summed E-state index contributed by atoms with van der Waals surface area (Å²) in [6, 6.07) is 0. The molecule has 0 aliphatic rings. The highest BCUT2D eigenvalue weighted by atomic mass is 35.7. The number of hydrogen-bond acceptors (Lipinski definition) is 2. The van der Waals surface area contributed by atoms with Crippen molar-refractivity contribution in [2.45, 2.75) is 44.9 Å². The van der Waals surface area contributed by atoms with E-state index < -0.39 is 9.05 Å². The molecule has 0 spiro atoms. The Bertz CT molecular complexity index is 570. The van der Waals surface area contributed by atoms with Crippen molar-refractivity contribution in [2.24, 2.45) is 0 Å². The fraction of sp³-hybridized carbons (Fsp3) is 0.500. The largest absolute Gasteiger partial charge is 0.261 e. The van der Waals surface area contributed by atoms with Crippen LogP contribution in [0.25, 0.3) is 0 Å². The van der Waals surface area contributed by atoms with Crippen molar-refractivity contribution in [3.63, 3.8) is 0 Å². The summed E-state index contributed by atoms with van der Waals surface area (Å²) >= 11 is 12.5. The average molecular weight is 330 g/mol. The van der Waals surface area contributed by atoms with Gasteiger partial charge < -0.3 is 0 Å². The van der Waals surface area contributed by atoms with Gasteiger partial charge in [0.15, 0.2) is 0 Å². The third-order valence-electron chi connectivity index (χ3n) is 2.77. The molecule has 1 aromatic carbocycles. The second-order valence-electron chi connectivity index (χ2n) is 5.27. The van der Waals surface area contributed by atoms with Crippen molar-refractivity contribution >= 4 is 42.9 Å². The minimum absolute atomic E-state index is 0.00664. The first-order chi connectivity index (χ1) is 7.89. The topological polar surface area (TPSA) is 34.1 Å². The molecule has 1 aromatic rings. The van der Waals surface area contributed by atoms with Crippen LogP contribution in [0.1, 0.15) is 37.5 Å². The summed E-state index contributed by atoms with van der Waals surface area (Å²) in [5.74, 6) is 0. The maximum absolute atomic E-state index is 11.6. The third-order valence-corrected chi connectivity index (χ3v) is 5.28. The Morgan fingerprint density at radius 3 is 1.50 bits per heavy atom. The molecule has 0 bridgehead atoms. The maximum Gasteiger partial charge on any atom is 0.261 e. The van der Waals surface area contributed by atoms with Gasteiger partial charge in [-0.2, -0.15) is 0 Å². The minimum atomic E-state index is -3.87. The predicted molar refractivity (Wildman–Crippen MR) is 77.7 cm³/mol. The highest BCUT2D eigenvalue weighted by molar-refractivity contribution is 8.13. The molecule has 0 radical (unpaired) electrons. The van der Waals surface area contributed by atoms with Gasteiger partial charge in [-0.3, -0.25) is 0 Å². The molecule has 2 nitrogen and oxygen atoms in total. The van der Waals surface area contributed by atoms with E-state index in [9.17, 15) is 8.42 Å². The van der Waals surface area contributed by atoms with Gasteiger partial charge in [0.05, 0.1) is 14.9 Å². The molecule has 0 aliphatic heterocycles. The van der Waals surface area contributed by atoms with Crippen molar-refractivity contribution in [1.29, 1.82) is 0 Å². The standard InChI is InChI=1S/C12H15Cl3O2S/c1-6-9(13)8(12(3,4)5)10(14)7(2)11(6)18(15,16)17/h1-5H3. The summed E-state index contributed by atoms with van der Waals surface area (Å²) in [5.41, 5.74) is 1.35. The van der Waals surface area contributed by atoms with Crippen LogP contribution in [-0.4, -0.2) is 8.42 Å². The summed E-state index contributed by atoms with van der Waals surface area (Å²) < 4.78 is 23.2. The van der Waals surface area contributed by atoms with E-state index in [1.165, 1.54) is 0 Å². The molecule has 0 saturated heterocycles. The number of halogens is 3. The number of benzene rings is 1. The van der Waals surface area contributed by atoms with E-state index in [-0.39, 0.29) is 10.3 Å². The van der Waals surface area contributed by atoms with E-state index >= 15 is 0 Å². The molecule has 0 N–H and O–H groups in total. The fourth-order valence-electron chi connectivity index (χ4n) is 1.98. The molecule has 6 heteroatoms. The highest BCUT2D eigenvalue weighted by Crippen LogP contribution is 2.43. The van der Waals surface area contributed by atoms with Gasteiger partial charge in [-0.05, 0) is 36.0 Å². The monoisotopic (exact) mass is 328 g/mol. The molecular formula is C12H15Cl3O2S. The van der Waals surface area contributed by atoms with E-state index in [1.807, 2.05) is 20.8 Å². The summed E-state index contributed by atoms with van der Waals surface area (Å²) in [5, 5.41) is 0.717. The lowest BCUT2D eigenvalue weighted by Crippen LogP contribution is -2.16. The Labute approximate surface area is 123 Å². The summed E-state index contributed by atoms with van der Waals surface area (Å²) in [6.07, 6.45) is 0. The molecular weight excluding hydrogens is 315 g/mol. The minimum Gasteiger partial charge on any atom is -0.207 e. The fourth-order valence-corrected chi connectivity index (χ4v) is 4.71. The first kappa shape index (κ1) is 16.1. The second-order valence-corrected chi connectivity index (χ2v) is 8.53. The molecule has 0 aromatic heterocycles. The zero-order valence-electron chi connectivity index (χ0n) is 10.9. The van der Waals surface area contributed by atoms with Crippen LogP contribution >= 0.6 is 33.9 Å². The van der Waals surface area contributed by atoms with Crippen LogP contribution < -0.4 is 0 Å². The van der Waals surface area contributed by atoms with E-state index in [0.29, 0.717) is 21.2 Å². The van der Waals surface area contributed by atoms with Crippen LogP contribution in [0.2, 0.25) is 10.0 Å². The number of hydrogen-bond donors (Lipinski definition) is 0. The lowest BCUT2D eigenvalue weighted by Gasteiger charge is -2.25. The first-order valence-corrected chi connectivity index (χ1v) is 8.38. The Morgan fingerprint density at radius 2 is 1.28 bits per heavy atom. The lowest BCUT2D eigenvalue weighted by atomic mass is 9.85. The van der Waals surface area contributed by atoms with Crippen molar-refractivity contribution in [2.75, 3.05) is 0 Å². The van der Waals surface area contributed by atoms with Crippen molar-refractivity contribution in [3.05, 3.63) is 26.7 Å². The van der Waals surface area contributed by atoms with Crippen LogP contribution in [-0.2, 0) is 14.5 Å². The normalized spacial score (nSPS) is 12.9. The Hall–Kier alpha value is 0.0400. The van der Waals surface area contributed by atoms with Crippen LogP contribution in [0.3, 0.4) is 0 Å². The predicted octanol–water partition coefficient (Wildman–Crippen LogP) is 4.84. The van der Waals surface area contributed by atoms with Crippen LogP contribution in [0.5, 0.6) is 0 Å². The molecule has 0 saturated carbocycles. The molecule has 102 valence electrons. The van der Waals surface area contributed by atoms with Gasteiger partial charge in [0.25, 0.3) is 9.05 Å². The van der Waals surface area contributed by atoms with Gasteiger partial charge >= 0.3 is 0 Å². The van der Waals surface area contributed by atoms with E-state index in [0.717, 1.165) is 5.56 Å². The maximum atomic E-state index is 11.6. The van der Waals surface area contributed by atoms with Crippen molar-refractivity contribution in [3.8, 4) is 0 Å². The quantitative estimate of drug-likeness (QED) is 0.691. The Kier molecular flexibility index (Phi) is 4.34. The molecule has 18 heavy (non-hydrogen) atoms. The Morgan fingerprint density at radius 1 is 0.944 bits per heavy atom. The highest BCUT2D eigenvalue weighted by Gasteiger charge is 2.29. The summed E-state index contributed by atoms with van der Waals surface area (Å²) in [4.78, 5) is 0.00664. The Balaban J connectivity index is 3.90. The molecule has 0 amide bonds. The van der Waals surface area contributed by atoms with Crippen LogP contribution in [0.4, 0.5) is 0 Å². The van der Waals surface area contributed by atoms with Crippen LogP contribution in [0, 0.1) is 13.8 Å². The molecule has 0 unspecified atom stereocenters. The molecule has 0 fully saturated rings.